The van der Waals surface area contributed by atoms with Crippen LogP contribution in [-0.4, -0.2) is 4.57 Å². The third-order valence-corrected chi connectivity index (χ3v) is 12.7. The minimum absolute atomic E-state index is 0.110. The first-order valence-electron chi connectivity index (χ1n) is 24.3. The topological polar surface area (TPSA) is 8.17 Å². The van der Waals surface area contributed by atoms with Gasteiger partial charge in [-0.25, -0.2) is 0 Å². The molecular weight excluding hydrogens is 797 g/mol. The van der Waals surface area contributed by atoms with Crippen molar-refractivity contribution in [2.24, 2.45) is 0 Å². The van der Waals surface area contributed by atoms with Crippen LogP contribution in [0.1, 0.15) is 5.48 Å². The molecule has 2 heteroatoms. The molecule has 0 aliphatic carbocycles. The van der Waals surface area contributed by atoms with E-state index in [1.54, 1.807) is 0 Å². The second-order valence-electron chi connectivity index (χ2n) is 16.6. The number of hydrogen-bond donors (Lipinski definition) is 0. The number of anilines is 3. The van der Waals surface area contributed by atoms with Gasteiger partial charge < -0.3 is 9.47 Å². The van der Waals surface area contributed by atoms with Crippen molar-refractivity contribution < 1.29 is 5.48 Å². The Labute approximate surface area is 391 Å². The zero-order valence-electron chi connectivity index (χ0n) is 40.0. The highest BCUT2D eigenvalue weighted by atomic mass is 15.1. The van der Waals surface area contributed by atoms with Gasteiger partial charge in [0.2, 0.25) is 0 Å². The monoisotopic (exact) mass is 844 g/mol. The smallest absolute Gasteiger partial charge is 0.0645 e. The van der Waals surface area contributed by atoms with E-state index in [9.17, 15) is 5.48 Å². The molecule has 1 aromatic heterocycles. The molecule has 2 nitrogen and oxygen atoms in total. The molecule has 0 aliphatic rings. The molecule has 0 fully saturated rings. The van der Waals surface area contributed by atoms with Crippen molar-refractivity contribution in [1.29, 1.82) is 0 Å². The zero-order chi connectivity index (χ0) is 47.3. The van der Waals surface area contributed by atoms with Crippen LogP contribution in [0.5, 0.6) is 0 Å². The molecule has 0 unspecified atom stereocenters. The molecule has 0 atom stereocenters. The molecule has 0 saturated heterocycles. The van der Waals surface area contributed by atoms with Crippen LogP contribution in [0.4, 0.5) is 17.1 Å². The third kappa shape index (κ3) is 7.12. The van der Waals surface area contributed by atoms with E-state index in [0.29, 0.717) is 16.9 Å². The SMILES string of the molecule is [2H]c1c([2H])c(N(c2ccc(-c3ccc(-c4ccccc4)cc3)cc2)c2ccc(-c3ccccc3-c3ccccc3)cc2)c([2H])c([2H])c1-c1ccc2c(c1)c1ccccc1n2-c1cccc2ccccc12. The summed E-state index contributed by atoms with van der Waals surface area (Å²) in [7, 11) is 0. The Balaban J connectivity index is 0.979. The first-order valence-corrected chi connectivity index (χ1v) is 22.3. The molecule has 66 heavy (non-hydrogen) atoms. The zero-order valence-corrected chi connectivity index (χ0v) is 36.0. The molecule has 12 aromatic rings. The van der Waals surface area contributed by atoms with Crippen LogP contribution in [0.2, 0.25) is 0 Å². The van der Waals surface area contributed by atoms with Crippen LogP contribution < -0.4 is 4.90 Å². The summed E-state index contributed by atoms with van der Waals surface area (Å²) in [4.78, 5) is 1.86. The quantitative estimate of drug-likeness (QED) is 0.141. The summed E-state index contributed by atoms with van der Waals surface area (Å²) in [5, 5.41) is 4.28. The minimum atomic E-state index is -0.131. The van der Waals surface area contributed by atoms with Crippen LogP contribution >= 0.6 is 0 Å². The summed E-state index contributed by atoms with van der Waals surface area (Å²) >= 11 is 0. The van der Waals surface area contributed by atoms with Crippen molar-refractivity contribution in [2.75, 3.05) is 4.90 Å². The highest BCUT2D eigenvalue weighted by molar-refractivity contribution is 6.11. The van der Waals surface area contributed by atoms with E-state index in [0.717, 1.165) is 82.8 Å². The number of fused-ring (bicyclic) bond motifs is 4. The number of para-hydroxylation sites is 1. The molecule has 0 spiro atoms. The van der Waals surface area contributed by atoms with Crippen LogP contribution in [0, 0.1) is 0 Å². The van der Waals surface area contributed by atoms with Gasteiger partial charge in [0.05, 0.1) is 22.2 Å². The number of rotatable bonds is 9. The Bertz CT molecular complexity index is 3870. The van der Waals surface area contributed by atoms with E-state index in [2.05, 4.69) is 150 Å². The van der Waals surface area contributed by atoms with Gasteiger partial charge >= 0.3 is 0 Å². The summed E-state index contributed by atoms with van der Waals surface area (Å²) in [6.45, 7) is 0. The Kier molecular flexibility index (Phi) is 8.82. The lowest BCUT2D eigenvalue weighted by molar-refractivity contribution is 1.20. The van der Waals surface area contributed by atoms with E-state index in [1.807, 2.05) is 102 Å². The van der Waals surface area contributed by atoms with Crippen LogP contribution in [-0.2, 0) is 0 Å². The molecule has 1 heterocycles. The van der Waals surface area contributed by atoms with Gasteiger partial charge in [-0.05, 0) is 122 Å². The summed E-state index contributed by atoms with van der Waals surface area (Å²) in [6, 6.07) is 82.4. The van der Waals surface area contributed by atoms with Gasteiger partial charge in [-0.3, -0.25) is 0 Å². The van der Waals surface area contributed by atoms with Gasteiger partial charge in [-0.1, -0.05) is 206 Å². The van der Waals surface area contributed by atoms with Gasteiger partial charge in [0.1, 0.15) is 0 Å². The summed E-state index contributed by atoms with van der Waals surface area (Å²) in [5.41, 5.74) is 14.3. The summed E-state index contributed by atoms with van der Waals surface area (Å²) in [5.74, 6) is 0. The second-order valence-corrected chi connectivity index (χ2v) is 16.6. The first kappa shape index (κ1) is 34.7. The maximum Gasteiger partial charge on any atom is 0.0645 e. The summed E-state index contributed by atoms with van der Waals surface area (Å²) in [6.07, 6.45) is 0. The highest BCUT2D eigenvalue weighted by Crippen LogP contribution is 2.41. The van der Waals surface area contributed by atoms with E-state index >= 15 is 0 Å². The van der Waals surface area contributed by atoms with Gasteiger partial charge in [-0.15, -0.1) is 0 Å². The molecule has 12 rings (SSSR count). The Hall–Kier alpha value is -8.72. The Morgan fingerprint density at radius 2 is 0.742 bits per heavy atom. The lowest BCUT2D eigenvalue weighted by Crippen LogP contribution is -2.09. The van der Waals surface area contributed by atoms with Gasteiger partial charge in [0.25, 0.3) is 0 Å². The number of nitrogens with zero attached hydrogens (tertiary/aromatic N) is 2. The maximum absolute atomic E-state index is 9.77. The highest BCUT2D eigenvalue weighted by Gasteiger charge is 2.17. The van der Waals surface area contributed by atoms with Crippen molar-refractivity contribution in [1.82, 2.24) is 4.57 Å². The van der Waals surface area contributed by atoms with E-state index in [-0.39, 0.29) is 35.4 Å². The number of hydrogen-bond acceptors (Lipinski definition) is 1. The average Bonchev–Trinajstić information content (AvgIpc) is 3.75. The fourth-order valence-electron chi connectivity index (χ4n) is 9.44. The maximum atomic E-state index is 9.77. The predicted molar refractivity (Wildman–Crippen MR) is 280 cm³/mol. The molecule has 310 valence electrons. The lowest BCUT2D eigenvalue weighted by atomic mass is 9.94. The van der Waals surface area contributed by atoms with Crippen molar-refractivity contribution >= 4 is 49.6 Å². The van der Waals surface area contributed by atoms with Crippen LogP contribution in [0.25, 0.3) is 93.9 Å². The Morgan fingerprint density at radius 3 is 1.39 bits per heavy atom. The summed E-state index contributed by atoms with van der Waals surface area (Å²) < 4.78 is 41.2. The standard InChI is InChI=1S/C64H44N2/c1-3-14-45(15-4-1)46-26-28-47(29-27-46)48-30-37-54(38-31-48)65(56-41-34-52(35-42-56)58-21-10-9-20-57(58)50-16-5-2-6-17-50)55-39-32-49(33-40-55)53-36-43-64-61(44-53)60-23-11-12-24-63(60)66(64)62-25-13-19-51-18-7-8-22-59(51)62/h1-44H/i32D,33D,39D,40D. The van der Waals surface area contributed by atoms with Gasteiger partial charge in [0, 0.05) is 33.2 Å². The van der Waals surface area contributed by atoms with Crippen molar-refractivity contribution in [3.63, 3.8) is 0 Å². The first-order chi connectivity index (χ1) is 34.4. The second kappa shape index (κ2) is 16.8. The normalized spacial score (nSPS) is 12.2. The van der Waals surface area contributed by atoms with Crippen LogP contribution in [0.3, 0.4) is 0 Å². The minimum Gasteiger partial charge on any atom is -0.311 e. The molecule has 0 saturated carbocycles. The fraction of sp³-hybridized carbons (Fsp3) is 0. The molecule has 0 N–H and O–H groups in total. The van der Waals surface area contributed by atoms with Crippen LogP contribution in [0.15, 0.2) is 267 Å². The van der Waals surface area contributed by atoms with Gasteiger partial charge in [0.15, 0.2) is 0 Å². The fourth-order valence-corrected chi connectivity index (χ4v) is 9.44. The van der Waals surface area contributed by atoms with Gasteiger partial charge in [-0.2, -0.15) is 0 Å². The average molecular weight is 845 g/mol. The van der Waals surface area contributed by atoms with Crippen molar-refractivity contribution in [3.05, 3.63) is 267 Å². The molecule has 0 amide bonds. The van der Waals surface area contributed by atoms with E-state index < -0.39 is 0 Å². The molecule has 11 aromatic carbocycles. The van der Waals surface area contributed by atoms with E-state index in [4.69, 9.17) is 0 Å². The molecular formula is C64H44N2. The van der Waals surface area contributed by atoms with Crippen molar-refractivity contribution in [2.45, 2.75) is 0 Å². The molecule has 0 radical (unpaired) electrons. The van der Waals surface area contributed by atoms with Crippen molar-refractivity contribution in [3.8, 4) is 61.3 Å². The Morgan fingerprint density at radius 1 is 0.288 bits per heavy atom. The lowest BCUT2D eigenvalue weighted by Gasteiger charge is -2.26. The number of aromatic nitrogens is 1. The molecule has 0 bridgehead atoms. The largest absolute Gasteiger partial charge is 0.311 e. The van der Waals surface area contributed by atoms with E-state index in [1.165, 1.54) is 0 Å². The number of benzene rings is 11. The predicted octanol–water partition coefficient (Wildman–Crippen LogP) is 17.7. The third-order valence-electron chi connectivity index (χ3n) is 12.7. The molecule has 0 aliphatic heterocycles.